The van der Waals surface area contributed by atoms with Crippen molar-refractivity contribution in [1.82, 2.24) is 5.32 Å². The summed E-state index contributed by atoms with van der Waals surface area (Å²) < 4.78 is 5.43. The average Bonchev–Trinajstić information content (AvgIpc) is 2.45. The maximum absolute atomic E-state index is 11.6. The van der Waals surface area contributed by atoms with Crippen molar-refractivity contribution in [1.29, 1.82) is 0 Å². The number of hydrogen-bond acceptors (Lipinski definition) is 2. The summed E-state index contributed by atoms with van der Waals surface area (Å²) in [6.07, 6.45) is 1.35. The molecule has 2 unspecified atom stereocenters. The Labute approximate surface area is 86.2 Å². The third-order valence-electron chi connectivity index (χ3n) is 2.74. The third kappa shape index (κ3) is 2.98. The first-order valence-electron chi connectivity index (χ1n) is 5.31. The Kier molecular flexibility index (Phi) is 3.53. The zero-order valence-electron chi connectivity index (χ0n) is 9.59. The van der Waals surface area contributed by atoms with E-state index in [0.717, 1.165) is 19.6 Å². The molecule has 0 spiro atoms. The average molecular weight is 199 g/mol. The number of carbonyl (C=O) groups excluding carboxylic acids is 1. The van der Waals surface area contributed by atoms with Crippen LogP contribution in [0.5, 0.6) is 0 Å². The van der Waals surface area contributed by atoms with Crippen LogP contribution in [0.15, 0.2) is 0 Å². The van der Waals surface area contributed by atoms with Gasteiger partial charge in [-0.2, -0.15) is 0 Å². The van der Waals surface area contributed by atoms with Crippen LogP contribution >= 0.6 is 0 Å². The molecule has 1 fully saturated rings. The van der Waals surface area contributed by atoms with Crippen LogP contribution < -0.4 is 5.32 Å². The summed E-state index contributed by atoms with van der Waals surface area (Å²) in [4.78, 5) is 11.6. The van der Waals surface area contributed by atoms with E-state index < -0.39 is 0 Å². The molecule has 0 aromatic carbocycles. The smallest absolute Gasteiger partial charge is 0.225 e. The second-order valence-electron chi connectivity index (χ2n) is 5.08. The largest absolute Gasteiger partial charge is 0.378 e. The fourth-order valence-corrected chi connectivity index (χ4v) is 1.53. The van der Waals surface area contributed by atoms with Crippen molar-refractivity contribution in [3.05, 3.63) is 0 Å². The molecule has 3 nitrogen and oxygen atoms in total. The molecule has 0 aromatic rings. The summed E-state index contributed by atoms with van der Waals surface area (Å²) in [5.41, 5.74) is -0.289. The van der Waals surface area contributed by atoms with E-state index in [1.54, 1.807) is 0 Å². The van der Waals surface area contributed by atoms with Gasteiger partial charge in [-0.1, -0.05) is 20.8 Å². The van der Waals surface area contributed by atoms with Crippen LogP contribution in [0.2, 0.25) is 0 Å². The first-order chi connectivity index (χ1) is 6.41. The monoisotopic (exact) mass is 199 g/mol. The number of carbonyl (C=O) groups is 1. The van der Waals surface area contributed by atoms with Gasteiger partial charge in [-0.25, -0.2) is 0 Å². The second-order valence-corrected chi connectivity index (χ2v) is 5.08. The van der Waals surface area contributed by atoms with Gasteiger partial charge >= 0.3 is 0 Å². The van der Waals surface area contributed by atoms with E-state index in [0.29, 0.717) is 5.92 Å². The maximum atomic E-state index is 11.6. The van der Waals surface area contributed by atoms with E-state index in [9.17, 15) is 4.79 Å². The van der Waals surface area contributed by atoms with Gasteiger partial charge in [-0.3, -0.25) is 4.79 Å². The highest BCUT2D eigenvalue weighted by molar-refractivity contribution is 5.81. The van der Waals surface area contributed by atoms with Crippen LogP contribution in [-0.2, 0) is 9.53 Å². The van der Waals surface area contributed by atoms with Crippen molar-refractivity contribution >= 4 is 5.91 Å². The Balaban J connectivity index is 2.30. The summed E-state index contributed by atoms with van der Waals surface area (Å²) in [7, 11) is 0. The van der Waals surface area contributed by atoms with Crippen LogP contribution in [0.1, 0.15) is 34.1 Å². The molecule has 0 saturated carbocycles. The molecule has 1 aliphatic heterocycles. The first-order valence-corrected chi connectivity index (χ1v) is 5.31. The highest BCUT2D eigenvalue weighted by atomic mass is 16.5. The van der Waals surface area contributed by atoms with E-state index in [2.05, 4.69) is 12.2 Å². The lowest BCUT2D eigenvalue weighted by molar-refractivity contribution is -0.128. The van der Waals surface area contributed by atoms with E-state index in [1.165, 1.54) is 0 Å². The number of amides is 1. The molecule has 1 saturated heterocycles. The Hall–Kier alpha value is -0.570. The molecule has 1 heterocycles. The zero-order chi connectivity index (χ0) is 10.8. The van der Waals surface area contributed by atoms with Gasteiger partial charge in [0.25, 0.3) is 0 Å². The van der Waals surface area contributed by atoms with Gasteiger partial charge in [-0.05, 0) is 13.3 Å². The Morgan fingerprint density at radius 1 is 1.50 bits per heavy atom. The molecule has 1 aliphatic rings. The fraction of sp³-hybridized carbons (Fsp3) is 0.909. The van der Waals surface area contributed by atoms with Crippen LogP contribution in [0.25, 0.3) is 0 Å². The topological polar surface area (TPSA) is 38.3 Å². The Morgan fingerprint density at radius 2 is 2.14 bits per heavy atom. The molecule has 1 rings (SSSR count). The molecule has 3 heteroatoms. The number of rotatable bonds is 2. The Bertz CT molecular complexity index is 208. The Morgan fingerprint density at radius 3 is 2.57 bits per heavy atom. The van der Waals surface area contributed by atoms with Gasteiger partial charge in [0.1, 0.15) is 0 Å². The van der Waals surface area contributed by atoms with Crippen molar-refractivity contribution in [2.75, 3.05) is 13.2 Å². The lowest BCUT2D eigenvalue weighted by atomic mass is 9.95. The van der Waals surface area contributed by atoms with Crippen LogP contribution in [0.4, 0.5) is 0 Å². The van der Waals surface area contributed by atoms with Gasteiger partial charge in [-0.15, -0.1) is 0 Å². The van der Waals surface area contributed by atoms with Gasteiger partial charge < -0.3 is 10.1 Å². The lowest BCUT2D eigenvalue weighted by Gasteiger charge is -2.20. The second kappa shape index (κ2) is 4.30. The maximum Gasteiger partial charge on any atom is 0.225 e. The summed E-state index contributed by atoms with van der Waals surface area (Å²) in [5, 5.41) is 2.98. The molecule has 0 radical (unpaired) electrons. The molecule has 2 atom stereocenters. The predicted octanol–water partition coefficient (Wildman–Crippen LogP) is 1.57. The number of hydrogen-bond donors (Lipinski definition) is 1. The van der Waals surface area contributed by atoms with E-state index in [4.69, 9.17) is 4.74 Å². The normalized spacial score (nSPS) is 27.7. The highest BCUT2D eigenvalue weighted by Gasteiger charge is 2.27. The molecule has 0 aliphatic carbocycles. The SMILES string of the molecule is CC1OCCC1CNC(=O)C(C)(C)C. The molecule has 82 valence electrons. The van der Waals surface area contributed by atoms with E-state index in [1.807, 2.05) is 20.8 Å². The molecule has 1 N–H and O–H groups in total. The summed E-state index contributed by atoms with van der Waals surface area (Å²) >= 11 is 0. The van der Waals surface area contributed by atoms with Crippen LogP contribution in [0, 0.1) is 11.3 Å². The fourth-order valence-electron chi connectivity index (χ4n) is 1.53. The molecular formula is C11H21NO2. The zero-order valence-corrected chi connectivity index (χ0v) is 9.59. The van der Waals surface area contributed by atoms with E-state index in [-0.39, 0.29) is 17.4 Å². The number of nitrogens with one attached hydrogen (secondary N) is 1. The van der Waals surface area contributed by atoms with Crippen LogP contribution in [-0.4, -0.2) is 25.2 Å². The lowest BCUT2D eigenvalue weighted by Crippen LogP contribution is -2.38. The predicted molar refractivity (Wildman–Crippen MR) is 56.0 cm³/mol. The van der Waals surface area contributed by atoms with Crippen molar-refractivity contribution in [2.45, 2.75) is 40.2 Å². The molecule has 14 heavy (non-hydrogen) atoms. The third-order valence-corrected chi connectivity index (χ3v) is 2.74. The minimum atomic E-state index is -0.289. The molecule has 1 amide bonds. The molecule has 0 bridgehead atoms. The summed E-state index contributed by atoms with van der Waals surface area (Å²) in [6.45, 7) is 9.43. The highest BCUT2D eigenvalue weighted by Crippen LogP contribution is 2.20. The van der Waals surface area contributed by atoms with E-state index >= 15 is 0 Å². The van der Waals surface area contributed by atoms with Crippen molar-refractivity contribution in [3.8, 4) is 0 Å². The quantitative estimate of drug-likeness (QED) is 0.733. The van der Waals surface area contributed by atoms with Crippen molar-refractivity contribution in [2.24, 2.45) is 11.3 Å². The van der Waals surface area contributed by atoms with Gasteiger partial charge in [0.2, 0.25) is 5.91 Å². The van der Waals surface area contributed by atoms with Crippen molar-refractivity contribution in [3.63, 3.8) is 0 Å². The van der Waals surface area contributed by atoms with Crippen LogP contribution in [0.3, 0.4) is 0 Å². The standard InChI is InChI=1S/C11H21NO2/c1-8-9(5-6-14-8)7-12-10(13)11(2,3)4/h8-9H,5-7H2,1-4H3,(H,12,13). The van der Waals surface area contributed by atoms with Crippen molar-refractivity contribution < 1.29 is 9.53 Å². The first kappa shape index (κ1) is 11.5. The number of ether oxygens (including phenoxy) is 1. The van der Waals surface area contributed by atoms with Gasteiger partial charge in [0.15, 0.2) is 0 Å². The molecule has 0 aromatic heterocycles. The van der Waals surface area contributed by atoms with Gasteiger partial charge in [0, 0.05) is 24.5 Å². The summed E-state index contributed by atoms with van der Waals surface area (Å²) in [6, 6.07) is 0. The minimum Gasteiger partial charge on any atom is -0.378 e. The minimum absolute atomic E-state index is 0.122. The summed E-state index contributed by atoms with van der Waals surface area (Å²) in [5.74, 6) is 0.609. The molecular weight excluding hydrogens is 178 g/mol. The van der Waals surface area contributed by atoms with Gasteiger partial charge in [0.05, 0.1) is 6.10 Å².